The molecule has 1 aliphatic heterocycles. The maximum absolute atomic E-state index is 10.3. The zero-order valence-corrected chi connectivity index (χ0v) is 12.8. The van der Waals surface area contributed by atoms with Crippen molar-refractivity contribution in [1.82, 2.24) is 14.9 Å². The number of hydrogen-bond acceptors (Lipinski definition) is 6. The van der Waals surface area contributed by atoms with Gasteiger partial charge in [0, 0.05) is 45.1 Å². The van der Waals surface area contributed by atoms with E-state index in [0.717, 1.165) is 13.1 Å². The van der Waals surface area contributed by atoms with Gasteiger partial charge in [-0.15, -0.1) is 0 Å². The third-order valence-electron chi connectivity index (χ3n) is 3.92. The summed E-state index contributed by atoms with van der Waals surface area (Å²) in [6, 6.07) is 12.3. The maximum Gasteiger partial charge on any atom is 0.183 e. The van der Waals surface area contributed by atoms with E-state index in [1.54, 1.807) is 6.20 Å². The molecule has 0 spiro atoms. The molecule has 0 saturated carbocycles. The van der Waals surface area contributed by atoms with E-state index in [1.165, 1.54) is 11.8 Å². The van der Waals surface area contributed by atoms with Gasteiger partial charge in [-0.05, 0) is 5.56 Å². The first-order valence-electron chi connectivity index (χ1n) is 7.66. The summed E-state index contributed by atoms with van der Waals surface area (Å²) >= 11 is 0. The van der Waals surface area contributed by atoms with Gasteiger partial charge in [0.25, 0.3) is 0 Å². The van der Waals surface area contributed by atoms with E-state index in [-0.39, 0.29) is 0 Å². The first-order chi connectivity index (χ1) is 11.3. The molecule has 118 valence electrons. The quantitative estimate of drug-likeness (QED) is 0.912. The maximum atomic E-state index is 10.3. The average Bonchev–Trinajstić information content (AvgIpc) is 2.77. The summed E-state index contributed by atoms with van der Waals surface area (Å²) in [6.45, 7) is 3.37. The Morgan fingerprint density at radius 1 is 1.13 bits per heavy atom. The number of hydrogen-bond donors (Lipinski definition) is 1. The lowest BCUT2D eigenvalue weighted by molar-refractivity contribution is 0.129. The van der Waals surface area contributed by atoms with Crippen LogP contribution in [0.4, 0.5) is 5.82 Å². The van der Waals surface area contributed by atoms with E-state index in [4.69, 9.17) is 0 Å². The van der Waals surface area contributed by atoms with Crippen molar-refractivity contribution >= 4 is 5.82 Å². The minimum absolute atomic E-state index is 0.302. The van der Waals surface area contributed by atoms with E-state index >= 15 is 0 Å². The van der Waals surface area contributed by atoms with Gasteiger partial charge in [0.15, 0.2) is 11.5 Å². The minimum Gasteiger partial charge on any atom is -0.390 e. The number of aliphatic hydroxyl groups is 1. The van der Waals surface area contributed by atoms with Crippen molar-refractivity contribution in [3.63, 3.8) is 0 Å². The molecule has 0 bridgehead atoms. The first-order valence-corrected chi connectivity index (χ1v) is 7.66. The molecule has 0 radical (unpaired) electrons. The Labute approximate surface area is 135 Å². The monoisotopic (exact) mass is 309 g/mol. The van der Waals surface area contributed by atoms with Crippen LogP contribution in [0.2, 0.25) is 0 Å². The summed E-state index contributed by atoms with van der Waals surface area (Å²) in [6.07, 6.45) is 2.60. The van der Waals surface area contributed by atoms with Crippen LogP contribution in [0.3, 0.4) is 0 Å². The number of anilines is 1. The van der Waals surface area contributed by atoms with E-state index in [2.05, 4.69) is 33.1 Å². The van der Waals surface area contributed by atoms with Crippen molar-refractivity contribution in [3.8, 4) is 6.07 Å². The first kappa shape index (κ1) is 15.4. The van der Waals surface area contributed by atoms with Crippen molar-refractivity contribution in [3.05, 3.63) is 54.0 Å². The van der Waals surface area contributed by atoms with Crippen LogP contribution in [-0.2, 0) is 6.54 Å². The molecule has 0 aliphatic carbocycles. The van der Waals surface area contributed by atoms with Crippen LogP contribution >= 0.6 is 0 Å². The Bertz CT molecular complexity index is 685. The van der Waals surface area contributed by atoms with E-state index < -0.39 is 6.10 Å². The third kappa shape index (κ3) is 3.83. The fourth-order valence-corrected chi connectivity index (χ4v) is 2.87. The molecule has 6 heteroatoms. The van der Waals surface area contributed by atoms with E-state index in [9.17, 15) is 10.4 Å². The molecule has 3 rings (SSSR count). The van der Waals surface area contributed by atoms with Gasteiger partial charge in [-0.3, -0.25) is 4.90 Å². The Hall–Kier alpha value is -2.49. The van der Waals surface area contributed by atoms with Crippen LogP contribution < -0.4 is 4.90 Å². The van der Waals surface area contributed by atoms with Crippen molar-refractivity contribution in [2.75, 3.05) is 31.1 Å². The molecule has 1 aromatic heterocycles. The van der Waals surface area contributed by atoms with Crippen molar-refractivity contribution in [2.24, 2.45) is 0 Å². The largest absolute Gasteiger partial charge is 0.390 e. The van der Waals surface area contributed by atoms with Crippen LogP contribution in [0, 0.1) is 11.3 Å². The summed E-state index contributed by atoms with van der Waals surface area (Å²) in [4.78, 5) is 12.5. The lowest BCUT2D eigenvalue weighted by Crippen LogP contribution is -2.34. The van der Waals surface area contributed by atoms with Gasteiger partial charge < -0.3 is 10.0 Å². The van der Waals surface area contributed by atoms with Crippen LogP contribution in [0.1, 0.15) is 11.3 Å². The lowest BCUT2D eigenvalue weighted by atomic mass is 10.2. The molecular formula is C17H19N5O. The molecule has 1 N–H and O–H groups in total. The zero-order chi connectivity index (χ0) is 16.1. The smallest absolute Gasteiger partial charge is 0.183 e. The van der Waals surface area contributed by atoms with Gasteiger partial charge in [-0.25, -0.2) is 9.97 Å². The molecule has 1 aromatic carbocycles. The molecule has 6 nitrogen and oxygen atoms in total. The second kappa shape index (κ2) is 7.18. The molecule has 0 amide bonds. The fourth-order valence-electron chi connectivity index (χ4n) is 2.87. The molecule has 2 heterocycles. The summed E-state index contributed by atoms with van der Waals surface area (Å²) in [5.41, 5.74) is 1.53. The Morgan fingerprint density at radius 2 is 1.91 bits per heavy atom. The number of aromatic nitrogens is 2. The molecule has 1 aliphatic rings. The number of aliphatic hydroxyl groups excluding tert-OH is 1. The number of benzene rings is 1. The van der Waals surface area contributed by atoms with Gasteiger partial charge in [0.1, 0.15) is 6.07 Å². The molecule has 1 saturated heterocycles. The summed E-state index contributed by atoms with van der Waals surface area (Å²) < 4.78 is 0. The highest BCUT2D eigenvalue weighted by Gasteiger charge is 2.24. The highest BCUT2D eigenvalue weighted by atomic mass is 16.3. The highest BCUT2D eigenvalue weighted by molar-refractivity contribution is 5.49. The van der Waals surface area contributed by atoms with Crippen molar-refractivity contribution in [2.45, 2.75) is 12.6 Å². The predicted molar refractivity (Wildman–Crippen MR) is 86.7 cm³/mol. The standard InChI is InChI=1S/C17H19N5O/c18-10-16-17(20-7-6-19-16)22-9-8-21(12-15(23)13-22)11-14-4-2-1-3-5-14/h1-7,15,23H,8-9,11-13H2. The fraction of sp³-hybridized carbons (Fsp3) is 0.353. The molecule has 23 heavy (non-hydrogen) atoms. The van der Waals surface area contributed by atoms with Crippen LogP contribution in [0.15, 0.2) is 42.7 Å². The molecular weight excluding hydrogens is 290 g/mol. The molecule has 1 fully saturated rings. The van der Waals surface area contributed by atoms with Gasteiger partial charge in [-0.2, -0.15) is 5.26 Å². The molecule has 2 aromatic rings. The highest BCUT2D eigenvalue weighted by Crippen LogP contribution is 2.17. The van der Waals surface area contributed by atoms with Gasteiger partial charge in [0.2, 0.25) is 0 Å². The Morgan fingerprint density at radius 3 is 2.70 bits per heavy atom. The van der Waals surface area contributed by atoms with Gasteiger partial charge in [0.05, 0.1) is 6.10 Å². The molecule has 1 atom stereocenters. The summed E-state index contributed by atoms with van der Waals surface area (Å²) in [7, 11) is 0. The zero-order valence-electron chi connectivity index (χ0n) is 12.8. The number of rotatable bonds is 3. The number of β-amino-alcohol motifs (C(OH)–C–C–N with tert-alkyl or cyclic N) is 1. The van der Waals surface area contributed by atoms with E-state index in [0.29, 0.717) is 31.1 Å². The lowest BCUT2D eigenvalue weighted by Gasteiger charge is -2.23. The van der Waals surface area contributed by atoms with Crippen LogP contribution in [0.5, 0.6) is 0 Å². The molecule has 1 unspecified atom stereocenters. The van der Waals surface area contributed by atoms with Crippen molar-refractivity contribution < 1.29 is 5.11 Å². The van der Waals surface area contributed by atoms with Crippen LogP contribution in [-0.4, -0.2) is 52.3 Å². The SMILES string of the molecule is N#Cc1nccnc1N1CCN(Cc2ccccc2)CC(O)C1. The Kier molecular flexibility index (Phi) is 4.81. The predicted octanol–water partition coefficient (Wildman–Crippen LogP) is 1.03. The minimum atomic E-state index is -0.491. The third-order valence-corrected chi connectivity index (χ3v) is 3.92. The van der Waals surface area contributed by atoms with Gasteiger partial charge in [-0.1, -0.05) is 30.3 Å². The second-order valence-electron chi connectivity index (χ2n) is 5.66. The van der Waals surface area contributed by atoms with Gasteiger partial charge >= 0.3 is 0 Å². The van der Waals surface area contributed by atoms with Crippen LogP contribution in [0.25, 0.3) is 0 Å². The summed E-state index contributed by atoms with van der Waals surface area (Å²) in [5, 5.41) is 19.5. The van der Waals surface area contributed by atoms with Crippen molar-refractivity contribution in [1.29, 1.82) is 5.26 Å². The summed E-state index contributed by atoms with van der Waals surface area (Å²) in [5.74, 6) is 0.551. The number of nitriles is 1. The number of nitrogens with zero attached hydrogens (tertiary/aromatic N) is 5. The second-order valence-corrected chi connectivity index (χ2v) is 5.66. The topological polar surface area (TPSA) is 76.3 Å². The average molecular weight is 309 g/mol. The Balaban J connectivity index is 1.72. The van der Waals surface area contributed by atoms with E-state index in [1.807, 2.05) is 23.1 Å². The normalized spacial score (nSPS) is 19.1.